The number of carbonyl (C=O) groups excluding carboxylic acids is 1. The van der Waals surface area contributed by atoms with Crippen molar-refractivity contribution in [1.82, 2.24) is 14.6 Å². The molecule has 0 radical (unpaired) electrons. The van der Waals surface area contributed by atoms with Gasteiger partial charge in [0.25, 0.3) is 11.6 Å². The van der Waals surface area contributed by atoms with Gasteiger partial charge in [0.05, 0.1) is 16.7 Å². The van der Waals surface area contributed by atoms with Crippen LogP contribution < -0.4 is 10.1 Å². The highest BCUT2D eigenvalue weighted by molar-refractivity contribution is 6.03. The summed E-state index contributed by atoms with van der Waals surface area (Å²) in [7, 11) is 0. The van der Waals surface area contributed by atoms with Crippen LogP contribution in [0.3, 0.4) is 0 Å². The number of rotatable bonds is 6. The molecule has 1 N–H and O–H groups in total. The molecule has 0 aliphatic rings. The molecule has 0 saturated carbocycles. The van der Waals surface area contributed by atoms with Gasteiger partial charge in [0.1, 0.15) is 17.2 Å². The number of anilines is 1. The average molecular weight is 521 g/mol. The number of halogens is 5. The molecule has 14 heteroatoms. The fraction of sp³-hybridized carbons (Fsp3) is 0.174. The fourth-order valence-corrected chi connectivity index (χ4v) is 3.39. The zero-order chi connectivity index (χ0) is 27.1. The number of aryl methyl sites for hydroxylation is 2. The molecule has 0 saturated heterocycles. The number of carbonyl (C=O) groups is 1. The Labute approximate surface area is 204 Å². The van der Waals surface area contributed by atoms with Gasteiger partial charge in [0, 0.05) is 23.9 Å². The number of nitro groups is 1. The predicted octanol–water partition coefficient (Wildman–Crippen LogP) is 5.95. The number of benzene rings is 2. The minimum absolute atomic E-state index is 0.0122. The minimum atomic E-state index is -5.92. The van der Waals surface area contributed by atoms with Crippen molar-refractivity contribution < 1.29 is 36.4 Å². The monoisotopic (exact) mass is 521 g/mol. The summed E-state index contributed by atoms with van der Waals surface area (Å²) in [6.07, 6.45) is -5.92. The van der Waals surface area contributed by atoms with Crippen LogP contribution in [0.4, 0.5) is 33.3 Å². The Balaban J connectivity index is 1.70. The number of para-hydroxylation sites is 1. The number of hydrogen-bond donors (Lipinski definition) is 1. The van der Waals surface area contributed by atoms with E-state index in [1.165, 1.54) is 13.0 Å². The molecule has 4 rings (SSSR count). The Morgan fingerprint density at radius 1 is 1.05 bits per heavy atom. The summed E-state index contributed by atoms with van der Waals surface area (Å²) in [5.41, 5.74) is -2.46. The van der Waals surface area contributed by atoms with Crippen LogP contribution in [-0.2, 0) is 5.92 Å². The van der Waals surface area contributed by atoms with Crippen LogP contribution in [0.2, 0.25) is 0 Å². The number of nitrogens with zero attached hydrogens (tertiary/aromatic N) is 4. The van der Waals surface area contributed by atoms with Crippen molar-refractivity contribution in [3.63, 3.8) is 0 Å². The van der Waals surface area contributed by atoms with Gasteiger partial charge in [-0.25, -0.2) is 9.50 Å². The number of aromatic nitrogens is 3. The van der Waals surface area contributed by atoms with Gasteiger partial charge in [0.2, 0.25) is 0 Å². The summed E-state index contributed by atoms with van der Waals surface area (Å²) in [6.45, 7) is 2.97. The largest absolute Gasteiger partial charge is 0.459 e. The van der Waals surface area contributed by atoms with E-state index < -0.39 is 45.7 Å². The normalized spacial score (nSPS) is 12.0. The molecule has 0 aliphatic carbocycles. The van der Waals surface area contributed by atoms with Crippen LogP contribution >= 0.6 is 0 Å². The molecule has 0 aliphatic heterocycles. The number of nitro benzene ring substituents is 1. The third-order valence-corrected chi connectivity index (χ3v) is 5.15. The van der Waals surface area contributed by atoms with Gasteiger partial charge in [-0.3, -0.25) is 14.9 Å². The van der Waals surface area contributed by atoms with E-state index in [2.05, 4.69) is 15.4 Å². The van der Waals surface area contributed by atoms with Crippen LogP contribution in [0.5, 0.6) is 11.5 Å². The summed E-state index contributed by atoms with van der Waals surface area (Å²) in [5, 5.41) is 17.3. The van der Waals surface area contributed by atoms with Crippen LogP contribution in [0, 0.1) is 24.0 Å². The van der Waals surface area contributed by atoms with Gasteiger partial charge < -0.3 is 10.1 Å². The molecule has 4 aromatic rings. The highest BCUT2D eigenvalue weighted by atomic mass is 19.4. The van der Waals surface area contributed by atoms with Crippen LogP contribution in [0.15, 0.2) is 54.6 Å². The van der Waals surface area contributed by atoms with E-state index in [0.29, 0.717) is 11.8 Å². The maximum Gasteiger partial charge on any atom is 0.459 e. The maximum atomic E-state index is 14.1. The number of ether oxygens (including phenoxy) is 1. The molecular weight excluding hydrogens is 505 g/mol. The predicted molar refractivity (Wildman–Crippen MR) is 120 cm³/mol. The molecule has 0 bridgehead atoms. The van der Waals surface area contributed by atoms with E-state index in [0.717, 1.165) is 23.8 Å². The fourth-order valence-electron chi connectivity index (χ4n) is 3.39. The van der Waals surface area contributed by atoms with Crippen molar-refractivity contribution in [2.45, 2.75) is 25.9 Å². The number of amides is 1. The van der Waals surface area contributed by atoms with Crippen molar-refractivity contribution in [3.05, 3.63) is 87.4 Å². The minimum Gasteiger partial charge on any atom is -0.457 e. The Bertz CT molecular complexity index is 1530. The van der Waals surface area contributed by atoms with Crippen molar-refractivity contribution in [1.29, 1.82) is 0 Å². The van der Waals surface area contributed by atoms with Crippen molar-refractivity contribution in [2.24, 2.45) is 0 Å². The Hall–Kier alpha value is -4.62. The first-order valence-electron chi connectivity index (χ1n) is 10.4. The number of non-ortho nitro benzene ring substituents is 1. The van der Waals surface area contributed by atoms with E-state index in [1.807, 2.05) is 0 Å². The molecule has 0 atom stereocenters. The first-order chi connectivity index (χ1) is 17.3. The molecule has 0 spiro atoms. The summed E-state index contributed by atoms with van der Waals surface area (Å²) in [4.78, 5) is 27.3. The lowest BCUT2D eigenvalue weighted by Crippen LogP contribution is -2.36. The molecule has 0 fully saturated rings. The molecule has 37 heavy (non-hydrogen) atoms. The quantitative estimate of drug-likeness (QED) is 0.191. The number of alkyl halides is 5. The summed E-state index contributed by atoms with van der Waals surface area (Å²) in [5.74, 6) is -5.90. The van der Waals surface area contributed by atoms with Crippen LogP contribution in [0.1, 0.15) is 27.4 Å². The van der Waals surface area contributed by atoms with Gasteiger partial charge in [-0.1, -0.05) is 18.2 Å². The highest BCUT2D eigenvalue weighted by Crippen LogP contribution is 2.44. The lowest BCUT2D eigenvalue weighted by Gasteiger charge is -2.20. The first-order valence-corrected chi connectivity index (χ1v) is 10.4. The second-order valence-corrected chi connectivity index (χ2v) is 7.95. The van der Waals surface area contributed by atoms with Gasteiger partial charge in [-0.05, 0) is 31.5 Å². The van der Waals surface area contributed by atoms with E-state index in [4.69, 9.17) is 4.74 Å². The molecule has 9 nitrogen and oxygen atoms in total. The summed E-state index contributed by atoms with van der Waals surface area (Å²) < 4.78 is 73.1. The molecule has 2 heterocycles. The Kier molecular flexibility index (Phi) is 6.27. The lowest BCUT2D eigenvalue weighted by atomic mass is 10.2. The second-order valence-electron chi connectivity index (χ2n) is 7.95. The Morgan fingerprint density at radius 3 is 2.41 bits per heavy atom. The number of nitrogens with one attached hydrogen (secondary N) is 1. The maximum absolute atomic E-state index is 14.1. The average Bonchev–Trinajstić information content (AvgIpc) is 3.23. The molecule has 2 aromatic heterocycles. The van der Waals surface area contributed by atoms with Gasteiger partial charge in [-0.15, -0.1) is 0 Å². The van der Waals surface area contributed by atoms with Crippen LogP contribution in [-0.4, -0.2) is 31.6 Å². The van der Waals surface area contributed by atoms with E-state index >= 15 is 0 Å². The molecule has 192 valence electrons. The standard InChI is InChI=1S/C23H16F5N5O4/c1-12-5-3-4-6-18(12)37-16-9-14(8-15(10-16)33(35)36)30-21(34)17-11-20-29-13(2)7-19(32(20)31-17)22(24,25)23(26,27)28/h3-11H,1-2H3,(H,30,34). The number of fused-ring (bicyclic) bond motifs is 1. The molecule has 2 aromatic carbocycles. The third kappa shape index (κ3) is 5.03. The third-order valence-electron chi connectivity index (χ3n) is 5.15. The zero-order valence-corrected chi connectivity index (χ0v) is 19.0. The first kappa shape index (κ1) is 25.5. The highest BCUT2D eigenvalue weighted by Gasteiger charge is 2.60. The molecule has 0 unspecified atom stereocenters. The van der Waals surface area contributed by atoms with Gasteiger partial charge >= 0.3 is 12.1 Å². The second kappa shape index (κ2) is 9.11. The number of hydrogen-bond acceptors (Lipinski definition) is 6. The summed E-state index contributed by atoms with van der Waals surface area (Å²) in [6, 6.07) is 11.7. The topological polar surface area (TPSA) is 112 Å². The van der Waals surface area contributed by atoms with Gasteiger partial charge in [0.15, 0.2) is 11.3 Å². The van der Waals surface area contributed by atoms with E-state index in [9.17, 15) is 36.9 Å². The van der Waals surface area contributed by atoms with E-state index in [-0.39, 0.29) is 21.6 Å². The van der Waals surface area contributed by atoms with Gasteiger partial charge in [-0.2, -0.15) is 27.1 Å². The van der Waals surface area contributed by atoms with Crippen molar-refractivity contribution >= 4 is 22.9 Å². The molecular formula is C23H16F5N5O4. The smallest absolute Gasteiger partial charge is 0.457 e. The van der Waals surface area contributed by atoms with Crippen molar-refractivity contribution in [3.8, 4) is 11.5 Å². The zero-order valence-electron chi connectivity index (χ0n) is 19.0. The van der Waals surface area contributed by atoms with Crippen LogP contribution in [0.25, 0.3) is 5.65 Å². The lowest BCUT2D eigenvalue weighted by molar-refractivity contribution is -0.384. The summed E-state index contributed by atoms with van der Waals surface area (Å²) >= 11 is 0. The SMILES string of the molecule is Cc1cc(C(F)(F)C(F)(F)F)n2nc(C(=O)Nc3cc(Oc4ccccc4C)cc([N+](=O)[O-])c3)cc2n1. The van der Waals surface area contributed by atoms with Crippen molar-refractivity contribution in [2.75, 3.05) is 5.32 Å². The Morgan fingerprint density at radius 2 is 1.76 bits per heavy atom. The van der Waals surface area contributed by atoms with E-state index in [1.54, 1.807) is 31.2 Å². The molecule has 1 amide bonds.